The zero-order valence-corrected chi connectivity index (χ0v) is 17.1. The minimum absolute atomic E-state index is 0.114. The van der Waals surface area contributed by atoms with E-state index < -0.39 is 5.97 Å². The van der Waals surface area contributed by atoms with E-state index in [-0.39, 0.29) is 24.3 Å². The summed E-state index contributed by atoms with van der Waals surface area (Å²) in [6.45, 7) is 6.17. The van der Waals surface area contributed by atoms with E-state index in [1.807, 2.05) is 42.7 Å². The first-order valence-corrected chi connectivity index (χ1v) is 9.73. The molecule has 0 bridgehead atoms. The quantitative estimate of drug-likeness (QED) is 0.454. The molecule has 1 aromatic carbocycles. The molecule has 0 aliphatic carbocycles. The van der Waals surface area contributed by atoms with Crippen LogP contribution in [0.25, 0.3) is 0 Å². The summed E-state index contributed by atoms with van der Waals surface area (Å²) in [6, 6.07) is 11.0. The Morgan fingerprint density at radius 3 is 2.63 bits per heavy atom. The third-order valence-electron chi connectivity index (χ3n) is 5.21. The van der Waals surface area contributed by atoms with E-state index in [1.165, 1.54) is 6.26 Å². The minimum Gasteiger partial charge on any atom is -0.486 e. The maximum absolute atomic E-state index is 12.7. The Labute approximate surface area is 174 Å². The third kappa shape index (κ3) is 3.83. The van der Waals surface area contributed by atoms with Gasteiger partial charge in [-0.25, -0.2) is 4.79 Å². The summed E-state index contributed by atoms with van der Waals surface area (Å²) in [5, 5.41) is 0. The maximum atomic E-state index is 12.7. The van der Waals surface area contributed by atoms with Crippen molar-refractivity contribution < 1.29 is 28.2 Å². The summed E-state index contributed by atoms with van der Waals surface area (Å²) in [5.41, 5.74) is 2.91. The zero-order valence-electron chi connectivity index (χ0n) is 17.1. The highest BCUT2D eigenvalue weighted by Crippen LogP contribution is 2.31. The fourth-order valence-corrected chi connectivity index (χ4v) is 3.58. The molecule has 3 aromatic rings. The highest BCUT2D eigenvalue weighted by atomic mass is 16.6. The first-order chi connectivity index (χ1) is 14.4. The van der Waals surface area contributed by atoms with E-state index >= 15 is 0 Å². The number of nitrogens with zero attached hydrogens (tertiary/aromatic N) is 1. The van der Waals surface area contributed by atoms with Crippen molar-refractivity contribution >= 4 is 11.8 Å². The Morgan fingerprint density at radius 1 is 1.13 bits per heavy atom. The van der Waals surface area contributed by atoms with Crippen LogP contribution in [0.1, 0.15) is 37.9 Å². The van der Waals surface area contributed by atoms with E-state index in [1.54, 1.807) is 19.1 Å². The van der Waals surface area contributed by atoms with Gasteiger partial charge in [0.25, 0.3) is 0 Å². The number of Topliss-reactive ketones (excluding diaryl/α,β-unsaturated/α-hetero) is 1. The second-order valence-corrected chi connectivity index (χ2v) is 7.33. The zero-order chi connectivity index (χ0) is 21.3. The van der Waals surface area contributed by atoms with Crippen LogP contribution in [0.4, 0.5) is 0 Å². The molecule has 4 rings (SSSR count). The van der Waals surface area contributed by atoms with Crippen molar-refractivity contribution in [3.05, 3.63) is 70.9 Å². The van der Waals surface area contributed by atoms with E-state index in [9.17, 15) is 9.59 Å². The van der Waals surface area contributed by atoms with Gasteiger partial charge in [0.05, 0.1) is 12.8 Å². The number of rotatable bonds is 6. The Hall–Kier alpha value is -3.48. The summed E-state index contributed by atoms with van der Waals surface area (Å²) in [6.07, 6.45) is 1.24. The fourth-order valence-electron chi connectivity index (χ4n) is 3.58. The van der Waals surface area contributed by atoms with Gasteiger partial charge >= 0.3 is 5.97 Å². The first-order valence-electron chi connectivity index (χ1n) is 9.73. The van der Waals surface area contributed by atoms with Crippen molar-refractivity contribution in [3.63, 3.8) is 0 Å². The molecule has 0 saturated carbocycles. The average Bonchev–Trinajstić information content (AvgIpc) is 3.30. The van der Waals surface area contributed by atoms with Gasteiger partial charge < -0.3 is 23.2 Å². The summed E-state index contributed by atoms with van der Waals surface area (Å²) < 4.78 is 24.1. The standard InChI is InChI=1S/C23H23NO6/c1-14-8-9-27-22(14)23(26)29-13-19(25)18-10-15(2)24(16(18)3)11-17-12-28-20-6-4-5-7-21(20)30-17/h4-10,17H,11-13H2,1-3H3. The molecule has 30 heavy (non-hydrogen) atoms. The van der Waals surface area contributed by atoms with Crippen LogP contribution in [0.15, 0.2) is 47.1 Å². The van der Waals surface area contributed by atoms with Gasteiger partial charge in [0.15, 0.2) is 24.2 Å². The van der Waals surface area contributed by atoms with Gasteiger partial charge in [0.2, 0.25) is 11.5 Å². The molecule has 7 nitrogen and oxygen atoms in total. The molecule has 3 heterocycles. The number of ether oxygens (including phenoxy) is 3. The summed E-state index contributed by atoms with van der Waals surface area (Å²) >= 11 is 0. The molecule has 0 amide bonds. The number of carbonyl (C=O) groups excluding carboxylic acids is 2. The molecule has 0 radical (unpaired) electrons. The number of para-hydroxylation sites is 2. The van der Waals surface area contributed by atoms with Crippen LogP contribution < -0.4 is 9.47 Å². The number of hydrogen-bond acceptors (Lipinski definition) is 6. The van der Waals surface area contributed by atoms with Crippen molar-refractivity contribution in [1.29, 1.82) is 0 Å². The van der Waals surface area contributed by atoms with E-state index in [4.69, 9.17) is 18.6 Å². The van der Waals surface area contributed by atoms with Gasteiger partial charge in [-0.3, -0.25) is 4.79 Å². The molecule has 0 spiro atoms. The van der Waals surface area contributed by atoms with E-state index in [0.717, 1.165) is 17.1 Å². The van der Waals surface area contributed by atoms with Crippen molar-refractivity contribution in [2.24, 2.45) is 0 Å². The Morgan fingerprint density at radius 2 is 1.90 bits per heavy atom. The van der Waals surface area contributed by atoms with Gasteiger partial charge in [-0.2, -0.15) is 0 Å². The van der Waals surface area contributed by atoms with Crippen LogP contribution >= 0.6 is 0 Å². The molecule has 156 valence electrons. The summed E-state index contributed by atoms with van der Waals surface area (Å²) in [5.74, 6) is 0.652. The minimum atomic E-state index is -0.647. The van der Waals surface area contributed by atoms with Crippen molar-refractivity contribution in [1.82, 2.24) is 4.57 Å². The monoisotopic (exact) mass is 409 g/mol. The Bertz CT molecular complexity index is 1090. The van der Waals surface area contributed by atoms with Gasteiger partial charge in [0.1, 0.15) is 6.61 Å². The molecular formula is C23H23NO6. The number of fused-ring (bicyclic) bond motifs is 1. The van der Waals surface area contributed by atoms with Crippen LogP contribution in [0, 0.1) is 20.8 Å². The maximum Gasteiger partial charge on any atom is 0.374 e. The molecular weight excluding hydrogens is 386 g/mol. The van der Waals surface area contributed by atoms with E-state index in [2.05, 4.69) is 0 Å². The highest BCUT2D eigenvalue weighted by Gasteiger charge is 2.24. The number of aryl methyl sites for hydroxylation is 2. The number of carbonyl (C=O) groups is 2. The second kappa shape index (κ2) is 8.10. The number of esters is 1. The predicted octanol–water partition coefficient (Wildman–Crippen LogP) is 3.89. The predicted molar refractivity (Wildman–Crippen MR) is 108 cm³/mol. The van der Waals surface area contributed by atoms with Crippen molar-refractivity contribution in [2.45, 2.75) is 33.4 Å². The molecule has 1 aliphatic heterocycles. The lowest BCUT2D eigenvalue weighted by Gasteiger charge is -2.27. The topological polar surface area (TPSA) is 79.9 Å². The van der Waals surface area contributed by atoms with Gasteiger partial charge in [-0.05, 0) is 45.0 Å². The highest BCUT2D eigenvalue weighted by molar-refractivity contribution is 6.00. The van der Waals surface area contributed by atoms with Crippen LogP contribution in [-0.4, -0.2) is 35.6 Å². The lowest BCUT2D eigenvalue weighted by atomic mass is 10.1. The lowest BCUT2D eigenvalue weighted by molar-refractivity contribution is 0.0442. The molecule has 1 unspecified atom stereocenters. The van der Waals surface area contributed by atoms with Gasteiger partial charge in [-0.15, -0.1) is 0 Å². The molecule has 7 heteroatoms. The molecule has 2 aromatic heterocycles. The largest absolute Gasteiger partial charge is 0.486 e. The SMILES string of the molecule is Cc1ccoc1C(=O)OCC(=O)c1cc(C)n(CC2COc3ccccc3O2)c1C. The average molecular weight is 409 g/mol. The Kier molecular flexibility index (Phi) is 5.35. The lowest BCUT2D eigenvalue weighted by Crippen LogP contribution is -2.33. The fraction of sp³-hybridized carbons (Fsp3) is 0.304. The van der Waals surface area contributed by atoms with Crippen LogP contribution in [0.3, 0.4) is 0 Å². The van der Waals surface area contributed by atoms with Gasteiger partial charge in [-0.1, -0.05) is 12.1 Å². The van der Waals surface area contributed by atoms with Crippen LogP contribution in [0.2, 0.25) is 0 Å². The number of hydrogen-bond donors (Lipinski definition) is 0. The number of benzene rings is 1. The summed E-state index contributed by atoms with van der Waals surface area (Å²) in [7, 11) is 0. The molecule has 1 aliphatic rings. The first kappa shape index (κ1) is 19.8. The second-order valence-electron chi connectivity index (χ2n) is 7.33. The molecule has 0 N–H and O–H groups in total. The number of aromatic nitrogens is 1. The molecule has 0 fully saturated rings. The Balaban J connectivity index is 1.42. The smallest absolute Gasteiger partial charge is 0.374 e. The number of furan rings is 1. The van der Waals surface area contributed by atoms with Crippen molar-refractivity contribution in [2.75, 3.05) is 13.2 Å². The summed E-state index contributed by atoms with van der Waals surface area (Å²) in [4.78, 5) is 24.7. The van der Waals surface area contributed by atoms with Gasteiger partial charge in [0, 0.05) is 22.5 Å². The number of ketones is 1. The normalized spacial score (nSPS) is 15.1. The third-order valence-corrected chi connectivity index (χ3v) is 5.21. The van der Waals surface area contributed by atoms with E-state index in [0.29, 0.717) is 30.0 Å². The molecule has 1 atom stereocenters. The van der Waals surface area contributed by atoms with Crippen LogP contribution in [-0.2, 0) is 11.3 Å². The molecule has 0 saturated heterocycles. The van der Waals surface area contributed by atoms with Crippen LogP contribution in [0.5, 0.6) is 11.5 Å². The van der Waals surface area contributed by atoms with Crippen molar-refractivity contribution in [3.8, 4) is 11.5 Å².